The van der Waals surface area contributed by atoms with E-state index in [0.717, 1.165) is 25.0 Å². The minimum atomic E-state index is -4.49. The monoisotopic (exact) mass is 355 g/mol. The Labute approximate surface area is 144 Å². The number of carbonyl (C=O) groups excluding carboxylic acids is 1. The van der Waals surface area contributed by atoms with E-state index in [1.807, 2.05) is 0 Å². The summed E-state index contributed by atoms with van der Waals surface area (Å²) < 4.78 is 43.9. The molecular formula is C17H20F3N3O2. The number of rotatable bonds is 7. The number of nitriles is 1. The van der Waals surface area contributed by atoms with Gasteiger partial charge < -0.3 is 15.4 Å². The highest BCUT2D eigenvalue weighted by atomic mass is 19.4. The number of benzene rings is 1. The van der Waals surface area contributed by atoms with Crippen LogP contribution in [0.5, 0.6) is 5.75 Å². The van der Waals surface area contributed by atoms with E-state index in [1.165, 1.54) is 6.07 Å². The molecule has 1 unspecified atom stereocenters. The molecule has 0 spiro atoms. The van der Waals surface area contributed by atoms with Gasteiger partial charge in [0.15, 0.2) is 0 Å². The number of ether oxygens (including phenoxy) is 1. The van der Waals surface area contributed by atoms with E-state index < -0.39 is 23.2 Å². The Morgan fingerprint density at radius 3 is 2.60 bits per heavy atom. The molecule has 8 heteroatoms. The molecule has 1 aromatic rings. The summed E-state index contributed by atoms with van der Waals surface area (Å²) in [4.78, 5) is 12.1. The zero-order chi connectivity index (χ0) is 18.7. The molecule has 1 aliphatic rings. The summed E-state index contributed by atoms with van der Waals surface area (Å²) in [6.07, 6.45) is -2.74. The van der Waals surface area contributed by atoms with Crippen molar-refractivity contribution in [3.8, 4) is 11.8 Å². The highest BCUT2D eigenvalue weighted by Gasteiger charge is 2.43. The van der Waals surface area contributed by atoms with Crippen molar-refractivity contribution in [3.05, 3.63) is 23.8 Å². The van der Waals surface area contributed by atoms with Gasteiger partial charge in [-0.2, -0.15) is 18.4 Å². The summed E-state index contributed by atoms with van der Waals surface area (Å²) in [7, 11) is 0. The molecule has 1 saturated carbocycles. The predicted octanol–water partition coefficient (Wildman–Crippen LogP) is 3.32. The van der Waals surface area contributed by atoms with Gasteiger partial charge in [0.2, 0.25) is 5.91 Å². The lowest BCUT2D eigenvalue weighted by Crippen LogP contribution is -2.48. The van der Waals surface area contributed by atoms with E-state index in [0.29, 0.717) is 0 Å². The van der Waals surface area contributed by atoms with Crippen molar-refractivity contribution in [3.63, 3.8) is 0 Å². The maximum Gasteiger partial charge on any atom is 0.416 e. The number of alkyl halides is 3. The van der Waals surface area contributed by atoms with Crippen molar-refractivity contribution in [2.24, 2.45) is 5.92 Å². The molecule has 1 fully saturated rings. The summed E-state index contributed by atoms with van der Waals surface area (Å²) in [5, 5.41) is 14.6. The Hall–Kier alpha value is -2.43. The van der Waals surface area contributed by atoms with E-state index in [1.54, 1.807) is 13.8 Å². The first-order chi connectivity index (χ1) is 11.7. The average molecular weight is 355 g/mol. The molecule has 1 amide bonds. The summed E-state index contributed by atoms with van der Waals surface area (Å²) >= 11 is 0. The van der Waals surface area contributed by atoms with Crippen molar-refractivity contribution in [2.45, 2.75) is 38.4 Å². The van der Waals surface area contributed by atoms with Gasteiger partial charge in [-0.15, -0.1) is 0 Å². The number of hydrogen-bond acceptors (Lipinski definition) is 4. The third kappa shape index (κ3) is 4.78. The number of amides is 1. The van der Waals surface area contributed by atoms with E-state index >= 15 is 0 Å². The molecule has 136 valence electrons. The SMILES string of the molecule is CCOc1ccc(C(F)(F)F)cc1NCC(=O)NC(C)(C#N)C1CC1. The predicted molar refractivity (Wildman–Crippen MR) is 86.0 cm³/mol. The van der Waals surface area contributed by atoms with Crippen molar-refractivity contribution in [2.75, 3.05) is 18.5 Å². The Kier molecular flexibility index (Phi) is 5.45. The quantitative estimate of drug-likeness (QED) is 0.787. The Morgan fingerprint density at radius 2 is 2.08 bits per heavy atom. The molecular weight excluding hydrogens is 335 g/mol. The number of anilines is 1. The van der Waals surface area contributed by atoms with Gasteiger partial charge >= 0.3 is 6.18 Å². The normalized spacial score (nSPS) is 16.5. The van der Waals surface area contributed by atoms with E-state index in [9.17, 15) is 23.2 Å². The Morgan fingerprint density at radius 1 is 1.40 bits per heavy atom. The van der Waals surface area contributed by atoms with Gasteiger partial charge in [-0.1, -0.05) is 0 Å². The average Bonchev–Trinajstić information content (AvgIpc) is 3.38. The number of halogens is 3. The summed E-state index contributed by atoms with van der Waals surface area (Å²) in [6.45, 7) is 3.38. The van der Waals surface area contributed by atoms with Gasteiger partial charge in [-0.05, 0) is 50.8 Å². The fourth-order valence-electron chi connectivity index (χ4n) is 2.52. The topological polar surface area (TPSA) is 74.2 Å². The van der Waals surface area contributed by atoms with Crippen molar-refractivity contribution >= 4 is 11.6 Å². The molecule has 0 bridgehead atoms. The molecule has 5 nitrogen and oxygen atoms in total. The first kappa shape index (κ1) is 18.9. The molecule has 0 radical (unpaired) electrons. The Bertz CT molecular complexity index is 681. The molecule has 2 rings (SSSR count). The lowest BCUT2D eigenvalue weighted by molar-refractivity contribution is -0.137. The van der Waals surface area contributed by atoms with Crippen LogP contribution in [0.2, 0.25) is 0 Å². The number of nitrogens with zero attached hydrogens (tertiary/aromatic N) is 1. The highest BCUT2D eigenvalue weighted by molar-refractivity contribution is 5.82. The molecule has 0 aliphatic heterocycles. The van der Waals surface area contributed by atoms with Crippen LogP contribution in [0.25, 0.3) is 0 Å². The number of nitrogens with one attached hydrogen (secondary N) is 2. The van der Waals surface area contributed by atoms with Crippen molar-refractivity contribution < 1.29 is 22.7 Å². The maximum atomic E-state index is 12.9. The van der Waals surface area contributed by atoms with Crippen LogP contribution in [0.15, 0.2) is 18.2 Å². The van der Waals surface area contributed by atoms with Gasteiger partial charge in [-0.25, -0.2) is 0 Å². The van der Waals surface area contributed by atoms with Gasteiger partial charge in [0.1, 0.15) is 11.3 Å². The fraction of sp³-hybridized carbons (Fsp3) is 0.529. The van der Waals surface area contributed by atoms with Crippen LogP contribution in [-0.4, -0.2) is 24.6 Å². The van der Waals surface area contributed by atoms with E-state index in [2.05, 4.69) is 16.7 Å². The molecule has 1 aliphatic carbocycles. The van der Waals surface area contributed by atoms with E-state index in [4.69, 9.17) is 4.74 Å². The van der Waals surface area contributed by atoms with Crippen LogP contribution >= 0.6 is 0 Å². The minimum absolute atomic E-state index is 0.0805. The second kappa shape index (κ2) is 7.21. The second-order valence-corrected chi connectivity index (χ2v) is 6.13. The van der Waals surface area contributed by atoms with Crippen LogP contribution < -0.4 is 15.4 Å². The molecule has 0 saturated heterocycles. The van der Waals surface area contributed by atoms with Crippen molar-refractivity contribution in [1.29, 1.82) is 5.26 Å². The van der Waals surface area contributed by atoms with Crippen molar-refractivity contribution in [1.82, 2.24) is 5.32 Å². The summed E-state index contributed by atoms with van der Waals surface area (Å²) in [5.41, 5.74) is -1.70. The lowest BCUT2D eigenvalue weighted by Gasteiger charge is -2.23. The number of hydrogen-bond donors (Lipinski definition) is 2. The van der Waals surface area contributed by atoms with Crippen LogP contribution in [-0.2, 0) is 11.0 Å². The second-order valence-electron chi connectivity index (χ2n) is 6.13. The molecule has 0 heterocycles. The summed E-state index contributed by atoms with van der Waals surface area (Å²) in [5.74, 6) is -0.113. The first-order valence-electron chi connectivity index (χ1n) is 7.99. The summed E-state index contributed by atoms with van der Waals surface area (Å²) in [6, 6.07) is 5.15. The first-order valence-corrected chi connectivity index (χ1v) is 7.99. The van der Waals surface area contributed by atoms with Crippen LogP contribution in [0.4, 0.5) is 18.9 Å². The van der Waals surface area contributed by atoms with Gasteiger partial charge in [0.25, 0.3) is 0 Å². The van der Waals surface area contributed by atoms with Gasteiger partial charge in [0.05, 0.1) is 30.5 Å². The van der Waals surface area contributed by atoms with E-state index in [-0.39, 0.29) is 30.5 Å². The smallest absolute Gasteiger partial charge is 0.416 e. The molecule has 1 atom stereocenters. The Balaban J connectivity index is 2.07. The van der Waals surface area contributed by atoms with Gasteiger partial charge in [0, 0.05) is 0 Å². The minimum Gasteiger partial charge on any atom is -0.492 e. The number of carbonyl (C=O) groups is 1. The molecule has 1 aromatic carbocycles. The largest absolute Gasteiger partial charge is 0.492 e. The maximum absolute atomic E-state index is 12.9. The molecule has 2 N–H and O–H groups in total. The van der Waals surface area contributed by atoms with Crippen LogP contribution in [0.3, 0.4) is 0 Å². The molecule has 25 heavy (non-hydrogen) atoms. The zero-order valence-corrected chi connectivity index (χ0v) is 14.0. The van der Waals surface area contributed by atoms with Gasteiger partial charge in [-0.3, -0.25) is 4.79 Å². The lowest BCUT2D eigenvalue weighted by atomic mass is 9.98. The molecule has 0 aromatic heterocycles. The standard InChI is InChI=1S/C17H20F3N3O2/c1-3-25-14-7-6-12(17(18,19)20)8-13(14)22-9-15(24)23-16(2,10-21)11-4-5-11/h6-8,11,22H,3-5,9H2,1-2H3,(H,23,24). The third-order valence-electron chi connectivity index (χ3n) is 4.07. The van der Waals surface area contributed by atoms with Crippen LogP contribution in [0, 0.1) is 17.2 Å². The zero-order valence-electron chi connectivity index (χ0n) is 14.0. The highest BCUT2D eigenvalue weighted by Crippen LogP contribution is 2.39. The fourth-order valence-corrected chi connectivity index (χ4v) is 2.52. The van der Waals surface area contributed by atoms with Crippen LogP contribution in [0.1, 0.15) is 32.3 Å². The third-order valence-corrected chi connectivity index (χ3v) is 4.07.